The summed E-state index contributed by atoms with van der Waals surface area (Å²) in [6.07, 6.45) is 3.98. The summed E-state index contributed by atoms with van der Waals surface area (Å²) in [5, 5.41) is 9.35. The summed E-state index contributed by atoms with van der Waals surface area (Å²) in [5.41, 5.74) is 1.67. The molecular formula is C23H22ClNO4S2. The first-order valence-corrected chi connectivity index (χ1v) is 11.5. The standard InChI is InChI=1S/C23H22ClNO4S2/c24-18-10-5-3-9-17(18)15-29-19-11-6-4-8-16(19)14-20-22(28)25(23(30)31-20)13-7-1-2-12-21(26)27/h3-6,8-11,14H,1-2,7,12-13,15H2,(H,26,27). The molecule has 1 heterocycles. The van der Waals surface area contributed by atoms with Crippen molar-refractivity contribution in [1.29, 1.82) is 0 Å². The third kappa shape index (κ3) is 6.56. The molecule has 1 aliphatic heterocycles. The fraction of sp³-hybridized carbons (Fsp3) is 0.261. The second kappa shape index (κ2) is 11.3. The van der Waals surface area contributed by atoms with E-state index in [4.69, 9.17) is 33.7 Å². The Hall–Kier alpha value is -2.35. The number of para-hydroxylation sites is 1. The number of hydrogen-bond donors (Lipinski definition) is 1. The number of carboxylic acids is 1. The molecule has 0 bridgehead atoms. The molecule has 5 nitrogen and oxygen atoms in total. The molecule has 1 aliphatic rings. The fourth-order valence-corrected chi connectivity index (χ4v) is 4.55. The monoisotopic (exact) mass is 475 g/mol. The number of thiocarbonyl (C=S) groups is 1. The van der Waals surface area contributed by atoms with Gasteiger partial charge in [0.2, 0.25) is 0 Å². The predicted molar refractivity (Wildman–Crippen MR) is 128 cm³/mol. The van der Waals surface area contributed by atoms with Crippen molar-refractivity contribution in [2.45, 2.75) is 32.3 Å². The van der Waals surface area contributed by atoms with Crippen LogP contribution in [0.2, 0.25) is 5.02 Å². The number of rotatable bonds is 10. The third-order valence-corrected chi connectivity index (χ3v) is 6.44. The minimum absolute atomic E-state index is 0.130. The van der Waals surface area contributed by atoms with E-state index in [0.29, 0.717) is 46.0 Å². The number of nitrogens with zero attached hydrogens (tertiary/aromatic N) is 1. The average Bonchev–Trinajstić information content (AvgIpc) is 3.01. The molecule has 1 N–H and O–H groups in total. The molecule has 31 heavy (non-hydrogen) atoms. The van der Waals surface area contributed by atoms with E-state index in [1.54, 1.807) is 11.0 Å². The molecule has 1 fully saturated rings. The van der Waals surface area contributed by atoms with Crippen molar-refractivity contribution < 1.29 is 19.4 Å². The van der Waals surface area contributed by atoms with Gasteiger partial charge in [0.1, 0.15) is 16.7 Å². The average molecular weight is 476 g/mol. The number of carbonyl (C=O) groups excluding carboxylic acids is 1. The quantitative estimate of drug-likeness (QED) is 0.267. The normalized spacial score (nSPS) is 15.0. The summed E-state index contributed by atoms with van der Waals surface area (Å²) in [4.78, 5) is 25.6. The van der Waals surface area contributed by atoms with Crippen molar-refractivity contribution in [3.8, 4) is 5.75 Å². The van der Waals surface area contributed by atoms with Gasteiger partial charge in [0.05, 0.1) is 4.91 Å². The van der Waals surface area contributed by atoms with E-state index in [-0.39, 0.29) is 12.3 Å². The number of hydrogen-bond acceptors (Lipinski definition) is 5. The van der Waals surface area contributed by atoms with Gasteiger partial charge in [-0.1, -0.05) is 78.4 Å². The second-order valence-corrected chi connectivity index (χ2v) is 9.04. The largest absolute Gasteiger partial charge is 0.488 e. The van der Waals surface area contributed by atoms with Crippen molar-refractivity contribution in [2.24, 2.45) is 0 Å². The molecule has 0 spiro atoms. The summed E-state index contributed by atoms with van der Waals surface area (Å²) >= 11 is 12.9. The summed E-state index contributed by atoms with van der Waals surface area (Å²) in [5.74, 6) is -0.278. The van der Waals surface area contributed by atoms with Crippen LogP contribution in [0.5, 0.6) is 5.75 Å². The minimum atomic E-state index is -0.802. The molecule has 0 aliphatic carbocycles. The van der Waals surface area contributed by atoms with Crippen LogP contribution in [0, 0.1) is 0 Å². The number of halogens is 1. The minimum Gasteiger partial charge on any atom is -0.488 e. The van der Waals surface area contributed by atoms with E-state index < -0.39 is 5.97 Å². The van der Waals surface area contributed by atoms with Crippen molar-refractivity contribution >= 4 is 57.9 Å². The van der Waals surface area contributed by atoms with Crippen LogP contribution in [-0.4, -0.2) is 32.7 Å². The Morgan fingerprint density at radius 3 is 2.65 bits per heavy atom. The summed E-state index contributed by atoms with van der Waals surface area (Å²) in [7, 11) is 0. The van der Waals surface area contributed by atoms with Crippen LogP contribution in [0.1, 0.15) is 36.8 Å². The smallest absolute Gasteiger partial charge is 0.303 e. The molecule has 0 unspecified atom stereocenters. The Morgan fingerprint density at radius 1 is 1.13 bits per heavy atom. The van der Waals surface area contributed by atoms with E-state index in [9.17, 15) is 9.59 Å². The lowest BCUT2D eigenvalue weighted by Crippen LogP contribution is -2.29. The number of benzene rings is 2. The van der Waals surface area contributed by atoms with Crippen LogP contribution in [0.25, 0.3) is 6.08 Å². The van der Waals surface area contributed by atoms with E-state index >= 15 is 0 Å². The van der Waals surface area contributed by atoms with Crippen molar-refractivity contribution in [2.75, 3.05) is 6.54 Å². The van der Waals surface area contributed by atoms with Crippen LogP contribution in [0.15, 0.2) is 53.4 Å². The van der Waals surface area contributed by atoms with Crippen LogP contribution in [0.4, 0.5) is 0 Å². The van der Waals surface area contributed by atoms with Crippen molar-refractivity contribution in [3.05, 3.63) is 69.6 Å². The molecule has 0 aromatic heterocycles. The highest BCUT2D eigenvalue weighted by Crippen LogP contribution is 2.34. The number of carboxylic acid groups (broad SMARTS) is 1. The van der Waals surface area contributed by atoms with Gasteiger partial charge in [-0.25, -0.2) is 0 Å². The van der Waals surface area contributed by atoms with E-state index in [1.807, 2.05) is 48.5 Å². The van der Waals surface area contributed by atoms with E-state index in [0.717, 1.165) is 17.5 Å². The number of thioether (sulfide) groups is 1. The molecule has 3 rings (SSSR count). The Balaban J connectivity index is 1.65. The first kappa shape index (κ1) is 23.3. The number of unbranched alkanes of at least 4 members (excludes halogenated alkanes) is 2. The maximum Gasteiger partial charge on any atom is 0.303 e. The maximum absolute atomic E-state index is 12.8. The molecule has 1 amide bonds. The lowest BCUT2D eigenvalue weighted by atomic mass is 10.1. The van der Waals surface area contributed by atoms with Gasteiger partial charge in [-0.2, -0.15) is 0 Å². The summed E-state index contributed by atoms with van der Waals surface area (Å²) in [6, 6.07) is 15.0. The molecule has 0 radical (unpaired) electrons. The highest BCUT2D eigenvalue weighted by molar-refractivity contribution is 8.26. The topological polar surface area (TPSA) is 66.8 Å². The molecule has 162 valence electrons. The summed E-state index contributed by atoms with van der Waals surface area (Å²) in [6.45, 7) is 0.814. The van der Waals surface area contributed by atoms with Gasteiger partial charge >= 0.3 is 5.97 Å². The zero-order valence-electron chi connectivity index (χ0n) is 16.8. The molecule has 1 saturated heterocycles. The fourth-order valence-electron chi connectivity index (χ4n) is 3.06. The SMILES string of the molecule is O=C(O)CCCCCN1C(=O)C(=Cc2ccccc2OCc2ccccc2Cl)SC1=S. The van der Waals surface area contributed by atoms with Crippen LogP contribution >= 0.6 is 35.6 Å². The molecule has 2 aromatic rings. The second-order valence-electron chi connectivity index (χ2n) is 6.96. The van der Waals surface area contributed by atoms with Gasteiger partial charge in [0, 0.05) is 29.1 Å². The lowest BCUT2D eigenvalue weighted by molar-refractivity contribution is -0.137. The molecule has 8 heteroatoms. The van der Waals surface area contributed by atoms with Crippen LogP contribution in [0.3, 0.4) is 0 Å². The number of amides is 1. The van der Waals surface area contributed by atoms with Gasteiger partial charge < -0.3 is 9.84 Å². The lowest BCUT2D eigenvalue weighted by Gasteiger charge is -2.14. The Labute approximate surface area is 196 Å². The number of carbonyl (C=O) groups is 2. The predicted octanol–water partition coefficient (Wildman–Crippen LogP) is 5.77. The first-order valence-electron chi connectivity index (χ1n) is 9.88. The van der Waals surface area contributed by atoms with Gasteiger partial charge in [-0.3, -0.25) is 14.5 Å². The highest BCUT2D eigenvalue weighted by atomic mass is 35.5. The number of ether oxygens (including phenoxy) is 1. The Bertz CT molecular complexity index is 1010. The first-order chi connectivity index (χ1) is 15.0. The Kier molecular flexibility index (Phi) is 8.51. The van der Waals surface area contributed by atoms with Crippen molar-refractivity contribution in [1.82, 2.24) is 4.90 Å². The highest BCUT2D eigenvalue weighted by Gasteiger charge is 2.31. The zero-order chi connectivity index (χ0) is 22.2. The molecule has 2 aromatic carbocycles. The van der Waals surface area contributed by atoms with Gasteiger partial charge in [-0.05, 0) is 31.1 Å². The van der Waals surface area contributed by atoms with E-state index in [2.05, 4.69) is 0 Å². The van der Waals surface area contributed by atoms with Crippen LogP contribution < -0.4 is 4.74 Å². The zero-order valence-corrected chi connectivity index (χ0v) is 19.1. The maximum atomic E-state index is 12.8. The van der Waals surface area contributed by atoms with Crippen LogP contribution in [-0.2, 0) is 16.2 Å². The number of aliphatic carboxylic acids is 1. The third-order valence-electron chi connectivity index (χ3n) is 4.69. The van der Waals surface area contributed by atoms with E-state index in [1.165, 1.54) is 11.8 Å². The molecular weight excluding hydrogens is 454 g/mol. The molecule has 0 saturated carbocycles. The van der Waals surface area contributed by atoms with Crippen molar-refractivity contribution in [3.63, 3.8) is 0 Å². The van der Waals surface area contributed by atoms with Gasteiger partial charge in [0.25, 0.3) is 5.91 Å². The molecule has 0 atom stereocenters. The summed E-state index contributed by atoms with van der Waals surface area (Å²) < 4.78 is 6.49. The van der Waals surface area contributed by atoms with Gasteiger partial charge in [0.15, 0.2) is 0 Å². The Morgan fingerprint density at radius 2 is 1.87 bits per heavy atom. The van der Waals surface area contributed by atoms with Gasteiger partial charge in [-0.15, -0.1) is 0 Å².